The molecule has 1 atom stereocenters. The third kappa shape index (κ3) is 2.02. The van der Waals surface area contributed by atoms with Crippen molar-refractivity contribution in [1.29, 1.82) is 0 Å². The highest BCUT2D eigenvalue weighted by Crippen LogP contribution is 2.28. The van der Waals surface area contributed by atoms with Crippen LogP contribution in [-0.4, -0.2) is 35.6 Å². The van der Waals surface area contributed by atoms with E-state index in [4.69, 9.17) is 0 Å². The Bertz CT molecular complexity index is 404. The van der Waals surface area contributed by atoms with Gasteiger partial charge in [-0.25, -0.2) is 9.97 Å². The summed E-state index contributed by atoms with van der Waals surface area (Å²) in [6, 6.07) is 0.532. The first-order valence-electron chi connectivity index (χ1n) is 6.66. The molecule has 17 heavy (non-hydrogen) atoms. The Labute approximate surface area is 102 Å². The molecule has 2 aliphatic rings. The molecule has 1 aliphatic carbocycles. The predicted molar refractivity (Wildman–Crippen MR) is 68.4 cm³/mol. The van der Waals surface area contributed by atoms with Gasteiger partial charge in [0.05, 0.1) is 0 Å². The summed E-state index contributed by atoms with van der Waals surface area (Å²) < 4.78 is 0. The molecule has 1 fully saturated rings. The lowest BCUT2D eigenvalue weighted by molar-refractivity contribution is 0.493. The Balaban J connectivity index is 1.96. The first-order chi connectivity index (χ1) is 8.36. The normalized spacial score (nSPS) is 24.5. The molecule has 1 N–H and O–H groups in total. The maximum Gasteiger partial charge on any atom is 0.135 e. The molecule has 4 nitrogen and oxygen atoms in total. The van der Waals surface area contributed by atoms with E-state index < -0.39 is 0 Å². The summed E-state index contributed by atoms with van der Waals surface area (Å²) >= 11 is 0. The molecule has 1 aromatic heterocycles. The summed E-state index contributed by atoms with van der Waals surface area (Å²) in [5.41, 5.74) is 2.69. The third-order valence-corrected chi connectivity index (χ3v) is 3.88. The smallest absolute Gasteiger partial charge is 0.135 e. The maximum absolute atomic E-state index is 4.55. The van der Waals surface area contributed by atoms with Gasteiger partial charge in [-0.2, -0.15) is 0 Å². The second-order valence-electron chi connectivity index (χ2n) is 5.08. The molecule has 0 bridgehead atoms. The third-order valence-electron chi connectivity index (χ3n) is 3.88. The van der Waals surface area contributed by atoms with Gasteiger partial charge in [0.2, 0.25) is 0 Å². The zero-order valence-electron chi connectivity index (χ0n) is 10.4. The van der Waals surface area contributed by atoms with Crippen LogP contribution in [0.2, 0.25) is 0 Å². The van der Waals surface area contributed by atoms with Crippen molar-refractivity contribution in [3.05, 3.63) is 17.6 Å². The van der Waals surface area contributed by atoms with Crippen molar-refractivity contribution in [2.24, 2.45) is 0 Å². The van der Waals surface area contributed by atoms with Crippen molar-refractivity contribution in [1.82, 2.24) is 15.3 Å². The molecular weight excluding hydrogens is 212 g/mol. The van der Waals surface area contributed by atoms with Crippen molar-refractivity contribution in [2.45, 2.75) is 38.6 Å². The molecule has 2 heterocycles. The standard InChI is InChI=1S/C13H20N4/c1-10-8-14-6-7-17(10)13-11-4-2-3-5-12(11)15-9-16-13/h9-10,14H,2-8H2,1H3. The lowest BCUT2D eigenvalue weighted by Crippen LogP contribution is -2.50. The minimum absolute atomic E-state index is 0.532. The number of rotatable bonds is 1. The van der Waals surface area contributed by atoms with Crippen LogP contribution in [0, 0.1) is 0 Å². The molecule has 0 radical (unpaired) electrons. The molecule has 92 valence electrons. The van der Waals surface area contributed by atoms with Gasteiger partial charge in [0, 0.05) is 36.9 Å². The van der Waals surface area contributed by atoms with Crippen molar-refractivity contribution in [3.63, 3.8) is 0 Å². The summed E-state index contributed by atoms with van der Waals surface area (Å²) in [4.78, 5) is 11.4. The molecule has 1 unspecified atom stereocenters. The molecule has 1 aromatic rings. The Morgan fingerprint density at radius 3 is 3.06 bits per heavy atom. The van der Waals surface area contributed by atoms with Gasteiger partial charge in [-0.1, -0.05) is 0 Å². The van der Waals surface area contributed by atoms with Crippen LogP contribution < -0.4 is 10.2 Å². The largest absolute Gasteiger partial charge is 0.351 e. The van der Waals surface area contributed by atoms with Crippen molar-refractivity contribution < 1.29 is 0 Å². The van der Waals surface area contributed by atoms with Crippen LogP contribution in [0.4, 0.5) is 5.82 Å². The lowest BCUT2D eigenvalue weighted by atomic mass is 9.96. The second-order valence-corrected chi connectivity index (χ2v) is 5.08. The number of hydrogen-bond acceptors (Lipinski definition) is 4. The van der Waals surface area contributed by atoms with Gasteiger partial charge in [0.15, 0.2) is 0 Å². The van der Waals surface area contributed by atoms with Gasteiger partial charge >= 0.3 is 0 Å². The van der Waals surface area contributed by atoms with Gasteiger partial charge in [0.25, 0.3) is 0 Å². The van der Waals surface area contributed by atoms with Crippen LogP contribution in [0.15, 0.2) is 6.33 Å². The fourth-order valence-electron chi connectivity index (χ4n) is 2.91. The lowest BCUT2D eigenvalue weighted by Gasteiger charge is -2.36. The van der Waals surface area contributed by atoms with Crippen LogP contribution in [0.3, 0.4) is 0 Å². The number of piperazine rings is 1. The summed E-state index contributed by atoms with van der Waals surface area (Å²) in [6.07, 6.45) is 6.59. The fraction of sp³-hybridized carbons (Fsp3) is 0.692. The van der Waals surface area contributed by atoms with E-state index in [1.54, 1.807) is 6.33 Å². The highest BCUT2D eigenvalue weighted by atomic mass is 15.3. The van der Waals surface area contributed by atoms with E-state index in [1.165, 1.54) is 29.9 Å². The number of nitrogens with one attached hydrogen (secondary N) is 1. The zero-order chi connectivity index (χ0) is 11.7. The monoisotopic (exact) mass is 232 g/mol. The van der Waals surface area contributed by atoms with E-state index in [0.29, 0.717) is 6.04 Å². The van der Waals surface area contributed by atoms with Crippen LogP contribution in [0.5, 0.6) is 0 Å². The number of nitrogens with zero attached hydrogens (tertiary/aromatic N) is 3. The van der Waals surface area contributed by atoms with Gasteiger partial charge < -0.3 is 10.2 Å². The number of anilines is 1. The average Bonchev–Trinajstić information content (AvgIpc) is 2.39. The van der Waals surface area contributed by atoms with Crippen LogP contribution in [0.1, 0.15) is 31.0 Å². The highest BCUT2D eigenvalue weighted by molar-refractivity contribution is 5.50. The van der Waals surface area contributed by atoms with Gasteiger partial charge in [-0.05, 0) is 32.6 Å². The van der Waals surface area contributed by atoms with Gasteiger partial charge in [-0.15, -0.1) is 0 Å². The SMILES string of the molecule is CC1CNCCN1c1ncnc2c1CCCC2. The number of hydrogen-bond donors (Lipinski definition) is 1. The fourth-order valence-corrected chi connectivity index (χ4v) is 2.91. The van der Waals surface area contributed by atoms with E-state index >= 15 is 0 Å². The Kier molecular flexibility index (Phi) is 2.97. The van der Waals surface area contributed by atoms with Gasteiger partial charge in [0.1, 0.15) is 12.1 Å². The van der Waals surface area contributed by atoms with E-state index in [9.17, 15) is 0 Å². The quantitative estimate of drug-likeness (QED) is 0.788. The van der Waals surface area contributed by atoms with E-state index in [1.807, 2.05) is 0 Å². The minimum Gasteiger partial charge on any atom is -0.351 e. The number of fused-ring (bicyclic) bond motifs is 1. The molecule has 0 spiro atoms. The Morgan fingerprint density at radius 2 is 2.18 bits per heavy atom. The first-order valence-corrected chi connectivity index (χ1v) is 6.66. The minimum atomic E-state index is 0.532. The Morgan fingerprint density at radius 1 is 1.29 bits per heavy atom. The molecule has 0 aromatic carbocycles. The average molecular weight is 232 g/mol. The van der Waals surface area contributed by atoms with Crippen LogP contribution >= 0.6 is 0 Å². The van der Waals surface area contributed by atoms with Crippen molar-refractivity contribution in [3.8, 4) is 0 Å². The molecule has 1 aliphatic heterocycles. The molecule has 1 saturated heterocycles. The van der Waals surface area contributed by atoms with Crippen molar-refractivity contribution >= 4 is 5.82 Å². The highest BCUT2D eigenvalue weighted by Gasteiger charge is 2.24. The van der Waals surface area contributed by atoms with Crippen molar-refractivity contribution in [2.75, 3.05) is 24.5 Å². The summed E-state index contributed by atoms with van der Waals surface area (Å²) in [5, 5.41) is 3.43. The molecule has 3 rings (SSSR count). The predicted octanol–water partition coefficient (Wildman–Crippen LogP) is 1.15. The number of aromatic nitrogens is 2. The second kappa shape index (κ2) is 4.61. The summed E-state index contributed by atoms with van der Waals surface area (Å²) in [5.74, 6) is 1.20. The van der Waals surface area contributed by atoms with Crippen LogP contribution in [-0.2, 0) is 12.8 Å². The Hall–Kier alpha value is -1.16. The maximum atomic E-state index is 4.55. The molecular formula is C13H20N4. The zero-order valence-corrected chi connectivity index (χ0v) is 10.4. The molecule has 0 amide bonds. The summed E-state index contributed by atoms with van der Waals surface area (Å²) in [7, 11) is 0. The van der Waals surface area contributed by atoms with E-state index in [-0.39, 0.29) is 0 Å². The molecule has 4 heteroatoms. The van der Waals surface area contributed by atoms with E-state index in [0.717, 1.165) is 32.5 Å². The topological polar surface area (TPSA) is 41.0 Å². The van der Waals surface area contributed by atoms with Crippen LogP contribution in [0.25, 0.3) is 0 Å². The molecule has 0 saturated carbocycles. The van der Waals surface area contributed by atoms with Gasteiger partial charge in [-0.3, -0.25) is 0 Å². The summed E-state index contributed by atoms with van der Waals surface area (Å²) in [6.45, 7) is 5.44. The first kappa shape index (κ1) is 11.0. The number of aryl methyl sites for hydroxylation is 1. The van der Waals surface area contributed by atoms with E-state index in [2.05, 4.69) is 27.1 Å².